The lowest BCUT2D eigenvalue weighted by molar-refractivity contribution is 0.0636. The molecular weight excluding hydrogens is 440 g/mol. The Bertz CT molecular complexity index is 1300. The molecule has 2 heterocycles. The Hall–Kier alpha value is -3.20. The SMILES string of the molecule is CCn1c(-c2ccc(N3CCCS3(=O)=O)cc2)c(N)c2ccc(NC(=O)OC(C)(C)C)cc21. The Labute approximate surface area is 194 Å². The molecule has 1 saturated heterocycles. The van der Waals surface area contributed by atoms with Gasteiger partial charge < -0.3 is 15.0 Å². The molecule has 4 rings (SSSR count). The van der Waals surface area contributed by atoms with Gasteiger partial charge in [0.25, 0.3) is 0 Å². The summed E-state index contributed by atoms with van der Waals surface area (Å²) >= 11 is 0. The van der Waals surface area contributed by atoms with Crippen molar-refractivity contribution in [3.63, 3.8) is 0 Å². The molecule has 1 aromatic heterocycles. The smallest absolute Gasteiger partial charge is 0.412 e. The molecule has 0 unspecified atom stereocenters. The van der Waals surface area contributed by atoms with Crippen molar-refractivity contribution in [3.05, 3.63) is 42.5 Å². The van der Waals surface area contributed by atoms with E-state index in [1.807, 2.05) is 64.1 Å². The lowest BCUT2D eigenvalue weighted by Gasteiger charge is -2.19. The van der Waals surface area contributed by atoms with Crippen LogP contribution in [0.25, 0.3) is 22.2 Å². The van der Waals surface area contributed by atoms with Gasteiger partial charge in [0.15, 0.2) is 0 Å². The van der Waals surface area contributed by atoms with Gasteiger partial charge in [-0.3, -0.25) is 9.62 Å². The summed E-state index contributed by atoms with van der Waals surface area (Å²) in [6, 6.07) is 13.0. The van der Waals surface area contributed by atoms with Gasteiger partial charge in [0.2, 0.25) is 10.0 Å². The molecular formula is C24H30N4O4S. The number of carbonyl (C=O) groups excluding carboxylic acids is 1. The Morgan fingerprint density at radius 1 is 1.15 bits per heavy atom. The highest BCUT2D eigenvalue weighted by atomic mass is 32.2. The fourth-order valence-electron chi connectivity index (χ4n) is 4.23. The predicted molar refractivity (Wildman–Crippen MR) is 133 cm³/mol. The van der Waals surface area contributed by atoms with E-state index in [9.17, 15) is 13.2 Å². The van der Waals surface area contributed by atoms with E-state index in [-0.39, 0.29) is 5.75 Å². The highest BCUT2D eigenvalue weighted by Crippen LogP contribution is 2.38. The maximum absolute atomic E-state index is 12.2. The Kier molecular flexibility index (Phi) is 5.78. The highest BCUT2D eigenvalue weighted by Gasteiger charge is 2.28. The van der Waals surface area contributed by atoms with Crippen LogP contribution < -0.4 is 15.4 Å². The molecule has 3 N–H and O–H groups in total. The van der Waals surface area contributed by atoms with E-state index in [4.69, 9.17) is 10.5 Å². The van der Waals surface area contributed by atoms with Gasteiger partial charge in [-0.05, 0) is 64.4 Å². The minimum atomic E-state index is -3.23. The van der Waals surface area contributed by atoms with Crippen molar-refractivity contribution < 1.29 is 17.9 Å². The van der Waals surface area contributed by atoms with Crippen LogP contribution in [0.1, 0.15) is 34.1 Å². The number of sulfonamides is 1. The molecule has 33 heavy (non-hydrogen) atoms. The number of nitrogen functional groups attached to an aromatic ring is 1. The van der Waals surface area contributed by atoms with Crippen LogP contribution >= 0.6 is 0 Å². The number of amides is 1. The predicted octanol–water partition coefficient (Wildman–Crippen LogP) is 4.80. The van der Waals surface area contributed by atoms with Crippen molar-refractivity contribution in [1.29, 1.82) is 0 Å². The average Bonchev–Trinajstić information content (AvgIpc) is 3.22. The number of hydrogen-bond acceptors (Lipinski definition) is 5. The normalized spacial score (nSPS) is 15.7. The largest absolute Gasteiger partial charge is 0.444 e. The van der Waals surface area contributed by atoms with Gasteiger partial charge >= 0.3 is 6.09 Å². The summed E-state index contributed by atoms with van der Waals surface area (Å²) in [5.74, 6) is 0.186. The van der Waals surface area contributed by atoms with Crippen LogP contribution in [-0.4, -0.2) is 37.0 Å². The minimum absolute atomic E-state index is 0.186. The van der Waals surface area contributed by atoms with Gasteiger partial charge in [-0.25, -0.2) is 13.2 Å². The van der Waals surface area contributed by atoms with Crippen molar-refractivity contribution >= 4 is 44.1 Å². The van der Waals surface area contributed by atoms with Crippen LogP contribution in [0.5, 0.6) is 0 Å². The van der Waals surface area contributed by atoms with Crippen molar-refractivity contribution in [2.45, 2.75) is 46.3 Å². The second-order valence-corrected chi connectivity index (χ2v) is 11.2. The van der Waals surface area contributed by atoms with Gasteiger partial charge in [0, 0.05) is 29.7 Å². The number of ether oxygens (including phenoxy) is 1. The van der Waals surface area contributed by atoms with Gasteiger partial charge in [-0.1, -0.05) is 12.1 Å². The van der Waals surface area contributed by atoms with Crippen LogP contribution in [-0.2, 0) is 21.3 Å². The van der Waals surface area contributed by atoms with Crippen molar-refractivity contribution in [1.82, 2.24) is 4.57 Å². The molecule has 3 aromatic rings. The number of anilines is 3. The molecule has 1 aliphatic heterocycles. The van der Waals surface area contributed by atoms with E-state index in [2.05, 4.69) is 9.88 Å². The molecule has 0 bridgehead atoms. The second kappa shape index (κ2) is 8.30. The summed E-state index contributed by atoms with van der Waals surface area (Å²) in [5, 5.41) is 3.66. The quantitative estimate of drug-likeness (QED) is 0.570. The zero-order valence-electron chi connectivity index (χ0n) is 19.4. The Balaban J connectivity index is 1.69. The van der Waals surface area contributed by atoms with Crippen molar-refractivity contribution in [2.75, 3.05) is 27.7 Å². The fraction of sp³-hybridized carbons (Fsp3) is 0.375. The molecule has 1 fully saturated rings. The van der Waals surface area contributed by atoms with Crippen LogP contribution in [0.2, 0.25) is 0 Å². The number of nitrogens with two attached hydrogens (primary N) is 1. The number of benzene rings is 2. The summed E-state index contributed by atoms with van der Waals surface area (Å²) in [6.07, 6.45) is 0.123. The molecule has 0 spiro atoms. The molecule has 9 heteroatoms. The number of aromatic nitrogens is 1. The van der Waals surface area contributed by atoms with E-state index < -0.39 is 21.7 Å². The lowest BCUT2D eigenvalue weighted by atomic mass is 10.1. The molecule has 2 aromatic carbocycles. The van der Waals surface area contributed by atoms with Gasteiger partial charge in [-0.2, -0.15) is 0 Å². The molecule has 0 radical (unpaired) electrons. The van der Waals surface area contributed by atoms with Crippen LogP contribution in [0.3, 0.4) is 0 Å². The first-order chi connectivity index (χ1) is 15.5. The fourth-order valence-corrected chi connectivity index (χ4v) is 5.79. The first kappa shape index (κ1) is 23.0. The summed E-state index contributed by atoms with van der Waals surface area (Å²) in [6.45, 7) is 8.65. The molecule has 0 saturated carbocycles. The summed E-state index contributed by atoms with van der Waals surface area (Å²) < 4.78 is 33.4. The van der Waals surface area contributed by atoms with Gasteiger partial charge in [-0.15, -0.1) is 0 Å². The van der Waals surface area contributed by atoms with Gasteiger partial charge in [0.1, 0.15) is 5.60 Å². The Morgan fingerprint density at radius 3 is 2.42 bits per heavy atom. The minimum Gasteiger partial charge on any atom is -0.444 e. The van der Waals surface area contributed by atoms with E-state index >= 15 is 0 Å². The summed E-state index contributed by atoms with van der Waals surface area (Å²) in [7, 11) is -3.23. The van der Waals surface area contributed by atoms with Crippen LogP contribution in [0.4, 0.5) is 21.9 Å². The van der Waals surface area contributed by atoms with E-state index in [1.165, 1.54) is 4.31 Å². The molecule has 1 aliphatic rings. The number of fused-ring (bicyclic) bond motifs is 1. The monoisotopic (exact) mass is 470 g/mol. The summed E-state index contributed by atoms with van der Waals surface area (Å²) in [5.41, 5.74) is 10.5. The van der Waals surface area contributed by atoms with Crippen LogP contribution in [0, 0.1) is 0 Å². The number of hydrogen-bond donors (Lipinski definition) is 2. The maximum Gasteiger partial charge on any atom is 0.412 e. The third-order valence-electron chi connectivity index (χ3n) is 5.59. The summed E-state index contributed by atoms with van der Waals surface area (Å²) in [4.78, 5) is 12.2. The third kappa shape index (κ3) is 4.50. The third-order valence-corrected chi connectivity index (χ3v) is 7.46. The topological polar surface area (TPSA) is 107 Å². The van der Waals surface area contributed by atoms with E-state index in [1.54, 1.807) is 6.07 Å². The van der Waals surface area contributed by atoms with E-state index in [0.717, 1.165) is 22.2 Å². The highest BCUT2D eigenvalue weighted by molar-refractivity contribution is 7.93. The van der Waals surface area contributed by atoms with Crippen molar-refractivity contribution in [2.24, 2.45) is 0 Å². The first-order valence-corrected chi connectivity index (χ1v) is 12.6. The number of rotatable bonds is 4. The van der Waals surface area contributed by atoms with Crippen molar-refractivity contribution in [3.8, 4) is 11.3 Å². The zero-order valence-corrected chi connectivity index (χ0v) is 20.2. The average molecular weight is 471 g/mol. The molecule has 0 aliphatic carbocycles. The van der Waals surface area contributed by atoms with E-state index in [0.29, 0.717) is 36.6 Å². The van der Waals surface area contributed by atoms with Gasteiger partial charge in [0.05, 0.1) is 28.3 Å². The lowest BCUT2D eigenvalue weighted by Crippen LogP contribution is -2.27. The molecule has 176 valence electrons. The Morgan fingerprint density at radius 2 is 1.85 bits per heavy atom. The molecule has 1 amide bonds. The second-order valence-electron chi connectivity index (χ2n) is 9.15. The molecule has 8 nitrogen and oxygen atoms in total. The number of nitrogens with zero attached hydrogens (tertiary/aromatic N) is 2. The number of carbonyl (C=O) groups is 1. The standard InChI is InChI=1S/C24H30N4O4S/c1-5-27-20-15-17(26-23(29)32-24(2,3)4)9-12-19(20)21(25)22(27)16-7-10-18(11-8-16)28-13-6-14-33(28,30)31/h7-12,15H,5-6,13-14,25H2,1-4H3,(H,26,29). The number of nitrogens with one attached hydrogen (secondary N) is 1. The zero-order chi connectivity index (χ0) is 24.0. The maximum atomic E-state index is 12.2. The first-order valence-electron chi connectivity index (χ1n) is 11.0. The molecule has 0 atom stereocenters. The number of aryl methyl sites for hydroxylation is 1. The van der Waals surface area contributed by atoms with Crippen LogP contribution in [0.15, 0.2) is 42.5 Å².